The van der Waals surface area contributed by atoms with Crippen molar-refractivity contribution in [3.8, 4) is 11.5 Å². The molecule has 2 aromatic rings. The van der Waals surface area contributed by atoms with Gasteiger partial charge in [0, 0.05) is 38.4 Å². The highest BCUT2D eigenvalue weighted by molar-refractivity contribution is 5.85. The van der Waals surface area contributed by atoms with E-state index < -0.39 is 6.10 Å². The highest BCUT2D eigenvalue weighted by Gasteiger charge is 2.20. The monoisotopic (exact) mass is 428 g/mol. The molecule has 5 nitrogen and oxygen atoms in total. The second kappa shape index (κ2) is 12.0. The molecule has 0 bridgehead atoms. The Morgan fingerprint density at radius 3 is 2.21 bits per heavy atom. The number of ether oxygens (including phenoxy) is 2. The first-order chi connectivity index (χ1) is 12.7. The molecule has 0 saturated carbocycles. The van der Waals surface area contributed by atoms with E-state index in [2.05, 4.69) is 21.9 Å². The van der Waals surface area contributed by atoms with Gasteiger partial charge < -0.3 is 19.5 Å². The Labute approximate surface area is 180 Å². The first-order valence-corrected chi connectivity index (χ1v) is 9.13. The SMILES string of the molecule is COc1ccc(N2CCN(CC(O)COc3ccccc3C)CC2)cc1.Cl.Cl. The van der Waals surface area contributed by atoms with Gasteiger partial charge in [-0.15, -0.1) is 24.8 Å². The van der Waals surface area contributed by atoms with Crippen molar-refractivity contribution in [3.05, 3.63) is 54.1 Å². The molecule has 0 aliphatic carbocycles. The summed E-state index contributed by atoms with van der Waals surface area (Å²) in [7, 11) is 1.68. The topological polar surface area (TPSA) is 45.2 Å². The highest BCUT2D eigenvalue weighted by atomic mass is 35.5. The molecule has 1 saturated heterocycles. The minimum absolute atomic E-state index is 0. The predicted molar refractivity (Wildman–Crippen MR) is 119 cm³/mol. The van der Waals surface area contributed by atoms with E-state index in [1.54, 1.807) is 7.11 Å². The number of β-amino-alcohol motifs (C(OH)–C–C–N with tert-alkyl or cyclic N) is 1. The lowest BCUT2D eigenvalue weighted by atomic mass is 10.2. The van der Waals surface area contributed by atoms with Crippen LogP contribution in [0.25, 0.3) is 0 Å². The van der Waals surface area contributed by atoms with Crippen LogP contribution in [0.2, 0.25) is 0 Å². The molecule has 0 amide bonds. The summed E-state index contributed by atoms with van der Waals surface area (Å²) < 4.78 is 11.0. The average molecular weight is 429 g/mol. The van der Waals surface area contributed by atoms with E-state index in [4.69, 9.17) is 9.47 Å². The number of piperazine rings is 1. The third-order valence-corrected chi connectivity index (χ3v) is 4.80. The van der Waals surface area contributed by atoms with Gasteiger partial charge in [-0.3, -0.25) is 4.90 Å². The number of aryl methyl sites for hydroxylation is 1. The lowest BCUT2D eigenvalue weighted by Gasteiger charge is -2.36. The number of methoxy groups -OCH3 is 1. The summed E-state index contributed by atoms with van der Waals surface area (Å²) in [5.74, 6) is 1.72. The van der Waals surface area contributed by atoms with Gasteiger partial charge in [0.2, 0.25) is 0 Å². The zero-order valence-corrected chi connectivity index (χ0v) is 18.0. The average Bonchev–Trinajstić information content (AvgIpc) is 2.68. The second-order valence-electron chi connectivity index (χ2n) is 6.72. The van der Waals surface area contributed by atoms with Crippen molar-refractivity contribution < 1.29 is 14.6 Å². The fraction of sp³-hybridized carbons (Fsp3) is 0.429. The maximum absolute atomic E-state index is 10.3. The summed E-state index contributed by atoms with van der Waals surface area (Å²) in [4.78, 5) is 4.66. The Morgan fingerprint density at radius 1 is 0.964 bits per heavy atom. The number of rotatable bonds is 7. The van der Waals surface area contributed by atoms with Crippen molar-refractivity contribution >= 4 is 30.5 Å². The van der Waals surface area contributed by atoms with E-state index in [9.17, 15) is 5.11 Å². The van der Waals surface area contributed by atoms with Crippen molar-refractivity contribution in [3.63, 3.8) is 0 Å². The Kier molecular flexibility index (Phi) is 10.5. The van der Waals surface area contributed by atoms with Crippen LogP contribution in [-0.2, 0) is 0 Å². The summed E-state index contributed by atoms with van der Waals surface area (Å²) in [6.45, 7) is 6.77. The van der Waals surface area contributed by atoms with Gasteiger partial charge in [0.1, 0.15) is 24.2 Å². The molecule has 1 unspecified atom stereocenters. The summed E-state index contributed by atoms with van der Waals surface area (Å²) in [5.41, 5.74) is 2.31. The van der Waals surface area contributed by atoms with E-state index in [1.165, 1.54) is 5.69 Å². The van der Waals surface area contributed by atoms with E-state index in [0.29, 0.717) is 13.2 Å². The standard InChI is InChI=1S/C21H28N2O3.2ClH/c1-17-5-3-4-6-21(17)26-16-19(24)15-22-11-13-23(14-12-22)18-7-9-20(25-2)10-8-18;;/h3-10,19,24H,11-16H2,1-2H3;2*1H. The first-order valence-electron chi connectivity index (χ1n) is 9.13. The second-order valence-corrected chi connectivity index (χ2v) is 6.72. The molecule has 2 aromatic carbocycles. The lowest BCUT2D eigenvalue weighted by molar-refractivity contribution is 0.0661. The molecule has 156 valence electrons. The predicted octanol–water partition coefficient (Wildman–Crippen LogP) is 3.41. The normalized spacial score (nSPS) is 15.2. The van der Waals surface area contributed by atoms with Crippen molar-refractivity contribution in [1.29, 1.82) is 0 Å². The fourth-order valence-corrected chi connectivity index (χ4v) is 3.24. The van der Waals surface area contributed by atoms with Crippen LogP contribution in [0.1, 0.15) is 5.56 Å². The Bertz CT molecular complexity index is 692. The van der Waals surface area contributed by atoms with E-state index >= 15 is 0 Å². The van der Waals surface area contributed by atoms with Gasteiger partial charge >= 0.3 is 0 Å². The van der Waals surface area contributed by atoms with Gasteiger partial charge in [0.15, 0.2) is 0 Å². The maximum atomic E-state index is 10.3. The number of hydrogen-bond donors (Lipinski definition) is 1. The van der Waals surface area contributed by atoms with Gasteiger partial charge in [0.05, 0.1) is 7.11 Å². The molecule has 1 aliphatic rings. The molecule has 1 heterocycles. The van der Waals surface area contributed by atoms with Gasteiger partial charge in [-0.05, 0) is 42.8 Å². The molecule has 1 N–H and O–H groups in total. The number of halogens is 2. The molecule has 1 atom stereocenters. The highest BCUT2D eigenvalue weighted by Crippen LogP contribution is 2.21. The summed E-state index contributed by atoms with van der Waals surface area (Å²) >= 11 is 0. The number of nitrogens with zero attached hydrogens (tertiary/aromatic N) is 2. The van der Waals surface area contributed by atoms with Crippen LogP contribution >= 0.6 is 24.8 Å². The van der Waals surface area contributed by atoms with E-state index in [-0.39, 0.29) is 24.8 Å². The van der Waals surface area contributed by atoms with Crippen LogP contribution < -0.4 is 14.4 Å². The molecule has 3 rings (SSSR count). The Balaban J connectivity index is 0.00000196. The van der Waals surface area contributed by atoms with Crippen molar-refractivity contribution in [2.45, 2.75) is 13.0 Å². The van der Waals surface area contributed by atoms with Gasteiger partial charge in [-0.25, -0.2) is 0 Å². The molecule has 0 radical (unpaired) electrons. The third kappa shape index (κ3) is 6.74. The van der Waals surface area contributed by atoms with Gasteiger partial charge in [-0.2, -0.15) is 0 Å². The summed E-state index contributed by atoms with van der Waals surface area (Å²) in [6, 6.07) is 16.1. The number of hydrogen-bond acceptors (Lipinski definition) is 5. The van der Waals surface area contributed by atoms with Crippen LogP contribution in [0, 0.1) is 6.92 Å². The molecule has 1 aliphatic heterocycles. The van der Waals surface area contributed by atoms with Crippen molar-refractivity contribution in [1.82, 2.24) is 4.90 Å². The van der Waals surface area contributed by atoms with Crippen molar-refractivity contribution in [2.24, 2.45) is 0 Å². The van der Waals surface area contributed by atoms with E-state index in [0.717, 1.165) is 43.2 Å². The first kappa shape index (κ1) is 24.4. The molecular formula is C21H30Cl2N2O3. The Morgan fingerprint density at radius 2 is 1.61 bits per heavy atom. The van der Waals surface area contributed by atoms with Crippen LogP contribution in [0.5, 0.6) is 11.5 Å². The van der Waals surface area contributed by atoms with Gasteiger partial charge in [0.25, 0.3) is 0 Å². The molecular weight excluding hydrogens is 399 g/mol. The molecule has 7 heteroatoms. The van der Waals surface area contributed by atoms with Crippen LogP contribution in [0.4, 0.5) is 5.69 Å². The van der Waals surface area contributed by atoms with E-state index in [1.807, 2.05) is 43.3 Å². The molecule has 0 spiro atoms. The fourth-order valence-electron chi connectivity index (χ4n) is 3.24. The minimum Gasteiger partial charge on any atom is -0.497 e. The molecule has 28 heavy (non-hydrogen) atoms. The number of aliphatic hydroxyl groups is 1. The number of para-hydroxylation sites is 1. The van der Waals surface area contributed by atoms with Crippen LogP contribution in [-0.4, -0.2) is 62.6 Å². The molecule has 0 aromatic heterocycles. The summed E-state index contributed by atoms with van der Waals surface area (Å²) in [5, 5.41) is 10.3. The zero-order chi connectivity index (χ0) is 18.4. The smallest absolute Gasteiger partial charge is 0.122 e. The summed E-state index contributed by atoms with van der Waals surface area (Å²) in [6.07, 6.45) is -0.484. The van der Waals surface area contributed by atoms with Gasteiger partial charge in [-0.1, -0.05) is 18.2 Å². The van der Waals surface area contributed by atoms with Crippen molar-refractivity contribution in [2.75, 3.05) is 51.3 Å². The zero-order valence-electron chi connectivity index (χ0n) is 16.4. The Hall–Kier alpha value is -1.66. The number of anilines is 1. The molecule has 1 fully saturated rings. The lowest BCUT2D eigenvalue weighted by Crippen LogP contribution is -2.49. The van der Waals surface area contributed by atoms with Crippen LogP contribution in [0.3, 0.4) is 0 Å². The quantitative estimate of drug-likeness (QED) is 0.731. The third-order valence-electron chi connectivity index (χ3n) is 4.80. The largest absolute Gasteiger partial charge is 0.497 e. The maximum Gasteiger partial charge on any atom is 0.122 e. The van der Waals surface area contributed by atoms with Crippen LogP contribution in [0.15, 0.2) is 48.5 Å². The number of benzene rings is 2. The minimum atomic E-state index is -0.484. The number of aliphatic hydroxyl groups excluding tert-OH is 1.